The Morgan fingerprint density at radius 2 is 1.94 bits per heavy atom. The monoisotopic (exact) mass is 448 g/mol. The number of hydrogen-bond donors (Lipinski definition) is 1. The zero-order chi connectivity index (χ0) is 23.8. The Bertz CT molecular complexity index is 1150. The first kappa shape index (κ1) is 22.8. The van der Waals surface area contributed by atoms with Crippen molar-refractivity contribution in [1.29, 1.82) is 0 Å². The van der Waals surface area contributed by atoms with E-state index in [1.165, 1.54) is 0 Å². The second-order valence-electron chi connectivity index (χ2n) is 9.96. The minimum atomic E-state index is -0.262. The lowest BCUT2D eigenvalue weighted by atomic mass is 9.92. The highest BCUT2D eigenvalue weighted by atomic mass is 16.3. The number of furan rings is 1. The Balaban J connectivity index is 1.59. The summed E-state index contributed by atoms with van der Waals surface area (Å²) in [5.74, 6) is 1.00. The lowest BCUT2D eigenvalue weighted by Crippen LogP contribution is -2.38. The molecule has 0 aliphatic heterocycles. The van der Waals surface area contributed by atoms with Crippen molar-refractivity contribution >= 4 is 17.6 Å². The maximum Gasteiger partial charge on any atom is 0.245 e. The highest BCUT2D eigenvalue weighted by Gasteiger charge is 2.34. The normalized spacial score (nSPS) is 13.7. The van der Waals surface area contributed by atoms with Gasteiger partial charge >= 0.3 is 0 Å². The van der Waals surface area contributed by atoms with Gasteiger partial charge in [-0.3, -0.25) is 9.59 Å². The molecule has 2 aromatic heterocycles. The maximum atomic E-state index is 13.1. The molecule has 2 heterocycles. The van der Waals surface area contributed by atoms with Crippen LogP contribution in [0.25, 0.3) is 5.69 Å². The lowest BCUT2D eigenvalue weighted by Gasteiger charge is -2.21. The summed E-state index contributed by atoms with van der Waals surface area (Å²) < 4.78 is 7.20. The first-order chi connectivity index (χ1) is 15.6. The summed E-state index contributed by atoms with van der Waals surface area (Å²) in [7, 11) is 0. The van der Waals surface area contributed by atoms with Crippen molar-refractivity contribution in [2.24, 2.45) is 5.92 Å². The number of aryl methyl sites for hydroxylation is 2. The van der Waals surface area contributed by atoms with Gasteiger partial charge in [0.05, 0.1) is 24.2 Å². The van der Waals surface area contributed by atoms with Gasteiger partial charge < -0.3 is 14.6 Å². The highest BCUT2D eigenvalue weighted by Crippen LogP contribution is 2.32. The molecule has 1 saturated carbocycles. The molecule has 2 amide bonds. The van der Waals surface area contributed by atoms with Gasteiger partial charge in [-0.25, -0.2) is 4.68 Å². The molecular weight excluding hydrogens is 416 g/mol. The summed E-state index contributed by atoms with van der Waals surface area (Å²) in [5.41, 5.74) is 3.83. The summed E-state index contributed by atoms with van der Waals surface area (Å²) in [5, 5.41) is 7.82. The van der Waals surface area contributed by atoms with E-state index in [1.807, 2.05) is 38.1 Å². The number of nitrogens with one attached hydrogen (secondary N) is 1. The second kappa shape index (κ2) is 8.89. The molecule has 0 saturated heterocycles. The first-order valence-corrected chi connectivity index (χ1v) is 11.4. The number of benzene rings is 1. The molecule has 3 aromatic rings. The molecule has 1 N–H and O–H groups in total. The van der Waals surface area contributed by atoms with Crippen LogP contribution >= 0.6 is 0 Å². The van der Waals surface area contributed by atoms with Gasteiger partial charge in [0.25, 0.3) is 0 Å². The fourth-order valence-electron chi connectivity index (χ4n) is 3.81. The summed E-state index contributed by atoms with van der Waals surface area (Å²) in [6, 6.07) is 11.7. The fraction of sp³-hybridized carbons (Fsp3) is 0.423. The van der Waals surface area contributed by atoms with E-state index in [2.05, 4.69) is 32.2 Å². The fourth-order valence-corrected chi connectivity index (χ4v) is 3.81. The van der Waals surface area contributed by atoms with Crippen LogP contribution in [0.1, 0.15) is 56.2 Å². The van der Waals surface area contributed by atoms with E-state index < -0.39 is 0 Å². The minimum Gasteiger partial charge on any atom is -0.467 e. The molecule has 1 fully saturated rings. The summed E-state index contributed by atoms with van der Waals surface area (Å²) in [6.07, 6.45) is 3.33. The van der Waals surface area contributed by atoms with Crippen molar-refractivity contribution < 1.29 is 14.0 Å². The van der Waals surface area contributed by atoms with Crippen LogP contribution in [0.3, 0.4) is 0 Å². The van der Waals surface area contributed by atoms with Gasteiger partial charge in [0.2, 0.25) is 11.8 Å². The van der Waals surface area contributed by atoms with E-state index in [4.69, 9.17) is 9.52 Å². The zero-order valence-electron chi connectivity index (χ0n) is 20.0. The van der Waals surface area contributed by atoms with Gasteiger partial charge in [-0.15, -0.1) is 0 Å². The van der Waals surface area contributed by atoms with Crippen LogP contribution < -0.4 is 5.32 Å². The Morgan fingerprint density at radius 3 is 2.55 bits per heavy atom. The molecule has 0 radical (unpaired) electrons. The maximum absolute atomic E-state index is 13.1. The predicted octanol–water partition coefficient (Wildman–Crippen LogP) is 4.76. The third-order valence-corrected chi connectivity index (χ3v) is 5.83. The van der Waals surface area contributed by atoms with Crippen molar-refractivity contribution in [2.45, 2.75) is 59.4 Å². The van der Waals surface area contributed by atoms with E-state index in [0.717, 1.165) is 35.3 Å². The SMILES string of the molecule is Cc1ccc(-n2nc(C(C)(C)C)cc2NC(=O)CN(Cc2ccco2)C(=O)C2CC2)c(C)c1. The third kappa shape index (κ3) is 5.35. The lowest BCUT2D eigenvalue weighted by molar-refractivity contribution is -0.136. The molecule has 0 spiro atoms. The van der Waals surface area contributed by atoms with Crippen LogP contribution in [0.2, 0.25) is 0 Å². The molecule has 7 heteroatoms. The van der Waals surface area contributed by atoms with Gasteiger partial charge in [-0.2, -0.15) is 5.10 Å². The average molecular weight is 449 g/mol. The first-order valence-electron chi connectivity index (χ1n) is 11.4. The molecule has 0 bridgehead atoms. The molecule has 1 aliphatic rings. The van der Waals surface area contributed by atoms with Crippen LogP contribution in [-0.4, -0.2) is 33.0 Å². The van der Waals surface area contributed by atoms with Crippen LogP contribution in [-0.2, 0) is 21.5 Å². The average Bonchev–Trinajstić information content (AvgIpc) is 3.29. The molecule has 0 atom stereocenters. The van der Waals surface area contributed by atoms with Crippen LogP contribution in [0.4, 0.5) is 5.82 Å². The second-order valence-corrected chi connectivity index (χ2v) is 9.96. The minimum absolute atomic E-state index is 0.000169. The Labute approximate surface area is 194 Å². The quantitative estimate of drug-likeness (QED) is 0.565. The van der Waals surface area contributed by atoms with Gasteiger partial charge in [-0.1, -0.05) is 38.5 Å². The molecule has 1 aromatic carbocycles. The van der Waals surface area contributed by atoms with E-state index >= 15 is 0 Å². The molecule has 174 valence electrons. The third-order valence-electron chi connectivity index (χ3n) is 5.83. The van der Waals surface area contributed by atoms with Gasteiger partial charge in [0.1, 0.15) is 18.1 Å². The van der Waals surface area contributed by atoms with Gasteiger partial charge in [0.15, 0.2) is 0 Å². The topological polar surface area (TPSA) is 80.4 Å². The van der Waals surface area contributed by atoms with Crippen LogP contribution in [0, 0.1) is 19.8 Å². The standard InChI is InChI=1S/C26H32N4O3/c1-17-8-11-21(18(2)13-17)30-23(14-22(28-30)26(3,4)5)27-24(31)16-29(25(32)19-9-10-19)15-20-7-6-12-33-20/h6-8,11-14,19H,9-10,15-16H2,1-5H3,(H,27,31). The van der Waals surface area contributed by atoms with Crippen molar-refractivity contribution in [3.8, 4) is 5.69 Å². The number of rotatable bonds is 7. The number of carbonyl (C=O) groups excluding carboxylic acids is 2. The van der Waals surface area contributed by atoms with E-state index in [9.17, 15) is 9.59 Å². The Morgan fingerprint density at radius 1 is 1.18 bits per heavy atom. The van der Waals surface area contributed by atoms with E-state index in [1.54, 1.807) is 21.9 Å². The molecule has 0 unspecified atom stereocenters. The molecule has 7 nitrogen and oxygen atoms in total. The summed E-state index contributed by atoms with van der Waals surface area (Å²) >= 11 is 0. The number of carbonyl (C=O) groups is 2. The number of hydrogen-bond acceptors (Lipinski definition) is 4. The molecule has 4 rings (SSSR count). The van der Waals surface area contributed by atoms with Crippen molar-refractivity contribution in [3.05, 3.63) is 65.2 Å². The summed E-state index contributed by atoms with van der Waals surface area (Å²) in [4.78, 5) is 27.5. The predicted molar refractivity (Wildman–Crippen MR) is 127 cm³/mol. The largest absolute Gasteiger partial charge is 0.467 e. The van der Waals surface area contributed by atoms with Crippen LogP contribution in [0.5, 0.6) is 0 Å². The Kier molecular flexibility index (Phi) is 6.15. The Hall–Kier alpha value is -3.35. The van der Waals surface area contributed by atoms with E-state index in [-0.39, 0.29) is 36.2 Å². The number of anilines is 1. The van der Waals surface area contributed by atoms with Crippen LogP contribution in [0.15, 0.2) is 47.1 Å². The summed E-state index contributed by atoms with van der Waals surface area (Å²) in [6.45, 7) is 10.6. The van der Waals surface area contributed by atoms with E-state index in [0.29, 0.717) is 11.6 Å². The van der Waals surface area contributed by atoms with Gasteiger partial charge in [0, 0.05) is 17.4 Å². The number of nitrogens with zero attached hydrogens (tertiary/aromatic N) is 3. The number of amides is 2. The molecular formula is C26H32N4O3. The van der Waals surface area contributed by atoms with Crippen molar-refractivity contribution in [2.75, 3.05) is 11.9 Å². The number of aromatic nitrogens is 2. The van der Waals surface area contributed by atoms with Gasteiger partial charge in [-0.05, 0) is 50.5 Å². The molecule has 33 heavy (non-hydrogen) atoms. The smallest absolute Gasteiger partial charge is 0.245 e. The molecule has 1 aliphatic carbocycles. The van der Waals surface area contributed by atoms with Crippen molar-refractivity contribution in [1.82, 2.24) is 14.7 Å². The van der Waals surface area contributed by atoms with Crippen molar-refractivity contribution in [3.63, 3.8) is 0 Å². The highest BCUT2D eigenvalue weighted by molar-refractivity contribution is 5.94. The zero-order valence-corrected chi connectivity index (χ0v) is 20.0.